The lowest BCUT2D eigenvalue weighted by molar-refractivity contribution is -0.0574. The number of pyridine rings is 1. The number of alkyl halides is 1. The molecular weight excluding hydrogens is 583 g/mol. The molecule has 2 fully saturated rings. The summed E-state index contributed by atoms with van der Waals surface area (Å²) in [5.41, 5.74) is 8.21. The Morgan fingerprint density at radius 1 is 1.20 bits per heavy atom. The van der Waals surface area contributed by atoms with Gasteiger partial charge in [-0.25, -0.2) is 13.9 Å². The number of fused-ring (bicyclic) bond motifs is 1. The quantitative estimate of drug-likeness (QED) is 0.302. The molecule has 6 rings (SSSR count). The Balaban J connectivity index is 1.21. The monoisotopic (exact) mass is 616 g/mol. The van der Waals surface area contributed by atoms with Crippen molar-refractivity contribution in [1.29, 1.82) is 5.26 Å². The van der Waals surface area contributed by atoms with Crippen LogP contribution in [0.25, 0.3) is 16.8 Å². The molecule has 2 saturated heterocycles. The van der Waals surface area contributed by atoms with Gasteiger partial charge in [-0.3, -0.25) is 14.7 Å². The predicted molar refractivity (Wildman–Crippen MR) is 166 cm³/mol. The van der Waals surface area contributed by atoms with E-state index in [0.29, 0.717) is 51.8 Å². The van der Waals surface area contributed by atoms with Gasteiger partial charge in [-0.2, -0.15) is 10.4 Å². The summed E-state index contributed by atoms with van der Waals surface area (Å²) >= 11 is 6.70. The van der Waals surface area contributed by atoms with E-state index in [1.165, 1.54) is 6.20 Å². The van der Waals surface area contributed by atoms with Gasteiger partial charge in [-0.05, 0) is 48.9 Å². The van der Waals surface area contributed by atoms with Gasteiger partial charge in [0.15, 0.2) is 5.67 Å². The molecule has 4 aromatic rings. The molecule has 5 heterocycles. The van der Waals surface area contributed by atoms with Crippen LogP contribution in [0, 0.1) is 18.3 Å². The number of primary amides is 1. The molecule has 228 valence electrons. The molecule has 2 N–H and O–H groups in total. The van der Waals surface area contributed by atoms with E-state index in [-0.39, 0.29) is 12.0 Å². The zero-order valence-corrected chi connectivity index (χ0v) is 25.7. The maximum absolute atomic E-state index is 15.0. The Bertz CT molecular complexity index is 1770. The highest BCUT2D eigenvalue weighted by atomic mass is 35.5. The first-order valence-electron chi connectivity index (χ1n) is 14.7. The maximum atomic E-state index is 15.0. The van der Waals surface area contributed by atoms with Crippen LogP contribution in [-0.4, -0.2) is 75.4 Å². The molecule has 0 spiro atoms. The van der Waals surface area contributed by atoms with Gasteiger partial charge < -0.3 is 15.4 Å². The van der Waals surface area contributed by atoms with E-state index in [2.05, 4.69) is 23.0 Å². The summed E-state index contributed by atoms with van der Waals surface area (Å²) in [6.45, 7) is 8.85. The van der Waals surface area contributed by atoms with Crippen molar-refractivity contribution >= 4 is 28.8 Å². The van der Waals surface area contributed by atoms with Crippen LogP contribution < -0.4 is 15.4 Å². The van der Waals surface area contributed by atoms with Crippen LogP contribution in [-0.2, 0) is 5.41 Å². The SMILES string of the molecule is CCN1CC(F)(COc2cc(-c3cnc(N4CCC(C)(c5ccc(C)c(C(N)=O)c5Cl)CC4)cn3)c3c(C#N)cnn3c2)C1. The number of nitriles is 1. The summed E-state index contributed by atoms with van der Waals surface area (Å²) in [7, 11) is 0. The number of halogens is 2. The number of piperidine rings is 1. The number of benzene rings is 1. The van der Waals surface area contributed by atoms with Crippen molar-refractivity contribution < 1.29 is 13.9 Å². The number of carbonyl (C=O) groups is 1. The lowest BCUT2D eigenvalue weighted by Gasteiger charge is -2.43. The molecule has 0 bridgehead atoms. The zero-order valence-electron chi connectivity index (χ0n) is 25.0. The average Bonchev–Trinajstić information content (AvgIpc) is 3.41. The second kappa shape index (κ2) is 11.3. The summed E-state index contributed by atoms with van der Waals surface area (Å²) in [5.74, 6) is 0.638. The van der Waals surface area contributed by atoms with Crippen molar-refractivity contribution in [1.82, 2.24) is 24.5 Å². The van der Waals surface area contributed by atoms with Crippen LogP contribution >= 0.6 is 11.6 Å². The molecular formula is C32H34ClFN8O2. The van der Waals surface area contributed by atoms with Crippen LogP contribution in [0.3, 0.4) is 0 Å². The van der Waals surface area contributed by atoms with Gasteiger partial charge >= 0.3 is 0 Å². The second-order valence-electron chi connectivity index (χ2n) is 12.1. The topological polar surface area (TPSA) is 126 Å². The number of rotatable bonds is 8. The molecule has 2 aliphatic rings. The number of nitrogens with zero attached hydrogens (tertiary/aromatic N) is 7. The third kappa shape index (κ3) is 5.33. The maximum Gasteiger partial charge on any atom is 0.250 e. The predicted octanol–water partition coefficient (Wildman–Crippen LogP) is 4.70. The van der Waals surface area contributed by atoms with Crippen molar-refractivity contribution in [3.63, 3.8) is 0 Å². The number of anilines is 1. The highest BCUT2D eigenvalue weighted by molar-refractivity contribution is 6.34. The zero-order chi connectivity index (χ0) is 31.2. The summed E-state index contributed by atoms with van der Waals surface area (Å²) < 4.78 is 22.4. The van der Waals surface area contributed by atoms with Crippen molar-refractivity contribution in [2.75, 3.05) is 44.2 Å². The van der Waals surface area contributed by atoms with Gasteiger partial charge in [0.05, 0.1) is 52.1 Å². The Kier molecular flexibility index (Phi) is 7.68. The van der Waals surface area contributed by atoms with Gasteiger partial charge in [0.1, 0.15) is 24.2 Å². The second-order valence-corrected chi connectivity index (χ2v) is 12.5. The summed E-state index contributed by atoms with van der Waals surface area (Å²) in [5, 5.41) is 14.5. The van der Waals surface area contributed by atoms with Gasteiger partial charge in [0.2, 0.25) is 5.91 Å². The fourth-order valence-electron chi connectivity index (χ4n) is 6.30. The van der Waals surface area contributed by atoms with Gasteiger partial charge in [0.25, 0.3) is 0 Å². The molecule has 0 saturated carbocycles. The molecule has 1 aromatic carbocycles. The fraction of sp³-hybridized carbons (Fsp3) is 0.406. The van der Waals surface area contributed by atoms with Crippen molar-refractivity contribution in [2.24, 2.45) is 5.73 Å². The number of ether oxygens (including phenoxy) is 1. The summed E-state index contributed by atoms with van der Waals surface area (Å²) in [6.07, 6.45) is 8.13. The lowest BCUT2D eigenvalue weighted by atomic mass is 9.73. The Morgan fingerprint density at radius 3 is 2.59 bits per heavy atom. The average molecular weight is 617 g/mol. The molecule has 44 heavy (non-hydrogen) atoms. The molecule has 2 aliphatic heterocycles. The molecule has 3 aromatic heterocycles. The molecule has 0 radical (unpaired) electrons. The largest absolute Gasteiger partial charge is 0.489 e. The van der Waals surface area contributed by atoms with Crippen LogP contribution in [0.1, 0.15) is 53.7 Å². The van der Waals surface area contributed by atoms with E-state index in [9.17, 15) is 14.4 Å². The van der Waals surface area contributed by atoms with Crippen molar-refractivity contribution in [3.05, 3.63) is 70.3 Å². The molecule has 0 atom stereocenters. The van der Waals surface area contributed by atoms with Gasteiger partial charge in [0, 0.05) is 31.7 Å². The van der Waals surface area contributed by atoms with E-state index in [1.54, 1.807) is 29.2 Å². The van der Waals surface area contributed by atoms with Crippen LogP contribution in [0.5, 0.6) is 5.75 Å². The van der Waals surface area contributed by atoms with E-state index in [1.807, 2.05) is 30.9 Å². The fourth-order valence-corrected chi connectivity index (χ4v) is 6.83. The van der Waals surface area contributed by atoms with Crippen LogP contribution in [0.4, 0.5) is 10.2 Å². The minimum Gasteiger partial charge on any atom is -0.489 e. The normalized spacial score (nSPS) is 17.7. The van der Waals surface area contributed by atoms with Crippen molar-refractivity contribution in [2.45, 2.75) is 44.7 Å². The van der Waals surface area contributed by atoms with E-state index in [4.69, 9.17) is 32.0 Å². The number of amides is 1. The lowest BCUT2D eigenvalue weighted by Crippen LogP contribution is -2.61. The Hall–Kier alpha value is -4.27. The van der Waals surface area contributed by atoms with Gasteiger partial charge in [-0.1, -0.05) is 37.6 Å². The first kappa shape index (κ1) is 29.8. The third-order valence-corrected chi connectivity index (χ3v) is 9.41. The number of likely N-dealkylation sites (tertiary alicyclic amines) is 1. The van der Waals surface area contributed by atoms with Crippen molar-refractivity contribution in [3.8, 4) is 23.1 Å². The Labute approximate surface area is 260 Å². The number of aromatic nitrogens is 4. The molecule has 12 heteroatoms. The first-order valence-corrected chi connectivity index (χ1v) is 15.0. The van der Waals surface area contributed by atoms with Crippen LogP contribution in [0.2, 0.25) is 5.02 Å². The molecule has 0 unspecified atom stereocenters. The van der Waals surface area contributed by atoms with E-state index < -0.39 is 11.6 Å². The minimum atomic E-state index is -1.39. The number of hydrogen-bond donors (Lipinski definition) is 1. The highest BCUT2D eigenvalue weighted by Crippen LogP contribution is 2.41. The number of nitrogens with two attached hydrogens (primary N) is 1. The number of aryl methyl sites for hydroxylation is 1. The first-order chi connectivity index (χ1) is 21.0. The molecule has 0 aliphatic carbocycles. The summed E-state index contributed by atoms with van der Waals surface area (Å²) in [4.78, 5) is 25.7. The number of carbonyl (C=O) groups excluding carboxylic acids is 1. The Morgan fingerprint density at radius 2 is 1.95 bits per heavy atom. The molecule has 1 amide bonds. The van der Waals surface area contributed by atoms with E-state index >= 15 is 0 Å². The van der Waals surface area contributed by atoms with Crippen LogP contribution in [0.15, 0.2) is 43.0 Å². The minimum absolute atomic E-state index is 0.0725. The number of hydrogen-bond acceptors (Lipinski definition) is 8. The van der Waals surface area contributed by atoms with E-state index in [0.717, 1.165) is 49.4 Å². The third-order valence-electron chi connectivity index (χ3n) is 9.02. The highest BCUT2D eigenvalue weighted by Gasteiger charge is 2.43. The summed E-state index contributed by atoms with van der Waals surface area (Å²) in [6, 6.07) is 7.85. The molecule has 10 nitrogen and oxygen atoms in total. The smallest absolute Gasteiger partial charge is 0.250 e. The standard InChI is InChI=1S/C32H34ClFN8O2/c1-4-40-17-32(34,18-40)19-44-22-11-23(29-21(12-35)13-39-42(29)16-22)25-14-38-26(15-37-25)41-9-7-31(3,8-10-41)24-6-5-20(2)27(28(24)33)30(36)43/h5-6,11,13-16H,4,7-10,17-19H2,1-3H3,(H2,36,43). The van der Waals surface area contributed by atoms with Gasteiger partial charge in [-0.15, -0.1) is 0 Å².